The van der Waals surface area contributed by atoms with Crippen molar-refractivity contribution in [3.05, 3.63) is 497 Å². The van der Waals surface area contributed by atoms with Crippen molar-refractivity contribution in [1.29, 1.82) is 0 Å². The van der Waals surface area contributed by atoms with Gasteiger partial charge < -0.3 is 0 Å². The van der Waals surface area contributed by atoms with Gasteiger partial charge in [0.1, 0.15) is 0 Å². The molecule has 662 valence electrons. The van der Waals surface area contributed by atoms with Crippen LogP contribution in [0.5, 0.6) is 0 Å². The van der Waals surface area contributed by atoms with Gasteiger partial charge in [0.25, 0.3) is 0 Å². The molecule has 0 bridgehead atoms. The number of aromatic nitrogens is 3. The number of nitrogens with zero attached hydrogens (tertiary/aromatic N) is 6. The van der Waals surface area contributed by atoms with Crippen LogP contribution >= 0.6 is 0 Å². The number of hydrogen-bond donors (Lipinski definition) is 0. The quantitative estimate of drug-likeness (QED) is 0.108. The van der Waals surface area contributed by atoms with Gasteiger partial charge in [-0.3, -0.25) is 0 Å². The van der Waals surface area contributed by atoms with E-state index in [0.29, 0.717) is 43.5 Å². The second-order valence-corrected chi connectivity index (χ2v) is 42.9. The van der Waals surface area contributed by atoms with E-state index in [9.17, 15) is 0 Å². The number of rotatable bonds is 13. The van der Waals surface area contributed by atoms with E-state index in [1.165, 1.54) is 145 Å². The van der Waals surface area contributed by atoms with Crippen molar-refractivity contribution in [2.45, 2.75) is 0 Å². The fourth-order valence-electron chi connectivity index (χ4n) is 21.8. The zero-order chi connectivity index (χ0) is 92.7. The molecule has 11 heteroatoms. The van der Waals surface area contributed by atoms with Gasteiger partial charge in [-0.15, -0.1) is 0 Å². The van der Waals surface area contributed by atoms with Gasteiger partial charge in [0.05, 0.1) is 0 Å². The molecule has 22 aromatic carbocycles. The van der Waals surface area contributed by atoms with E-state index in [-0.39, 0.29) is 0 Å². The predicted octanol–water partition coefficient (Wildman–Crippen LogP) is 35.5. The first-order valence-corrected chi connectivity index (χ1v) is 52.9. The predicted molar refractivity (Wildman–Crippen MR) is 600 cm³/mol. The number of anilines is 9. The molecular weight excluding hydrogens is 1910 g/mol. The second kappa shape index (κ2) is 34.0. The van der Waals surface area contributed by atoms with Crippen molar-refractivity contribution in [2.75, 3.05) is 14.7 Å². The van der Waals surface area contributed by atoms with Crippen LogP contribution in [0.2, 0.25) is 0 Å². The van der Waals surface area contributed by atoms with Crippen LogP contribution in [0, 0.1) is 0 Å². The molecule has 0 unspecified atom stereocenters. The Labute approximate surface area is 828 Å². The van der Waals surface area contributed by atoms with E-state index in [1.807, 2.05) is 18.2 Å². The molecule has 0 N–H and O–H groups in total. The third-order valence-corrected chi connectivity index (χ3v) is 35.3. The summed E-state index contributed by atoms with van der Waals surface area (Å²) in [5, 5.41) is 22.6. The summed E-state index contributed by atoms with van der Waals surface area (Å²) >= 11 is 0.943. The van der Waals surface area contributed by atoms with Crippen LogP contribution in [0.1, 0.15) is 0 Å². The number of furan rings is 2. The first-order chi connectivity index (χ1) is 69.9. The summed E-state index contributed by atoms with van der Waals surface area (Å²) in [6.07, 6.45) is 0. The molecule has 8 aromatic heterocycles. The number of fused-ring (bicyclic) bond motifs is 25. The van der Waals surface area contributed by atoms with Crippen molar-refractivity contribution < 1.29 is 8.83 Å². The molecule has 30 rings (SSSR count). The van der Waals surface area contributed by atoms with Crippen molar-refractivity contribution in [2.24, 2.45) is 0 Å². The molecule has 30 aromatic rings. The average Bonchev–Trinajstić information content (AvgIpc) is 1.59. The van der Waals surface area contributed by atoms with Crippen LogP contribution in [-0.2, 0) is 0 Å². The van der Waals surface area contributed by atoms with Crippen molar-refractivity contribution in [3.8, 4) is 28.2 Å². The fourth-order valence-corrected chi connectivity index (χ4v) is 28.6. The van der Waals surface area contributed by atoms with Gasteiger partial charge in [-0.25, -0.2) is 0 Å². The number of benzene rings is 22. The Bertz CT molecular complexity index is 10100. The van der Waals surface area contributed by atoms with E-state index in [4.69, 9.17) is 8.83 Å². The molecule has 0 saturated carbocycles. The Hall–Kier alpha value is -16.9. The van der Waals surface area contributed by atoms with E-state index >= 15 is 0 Å². The van der Waals surface area contributed by atoms with Gasteiger partial charge in [0.2, 0.25) is 0 Å². The minimum atomic E-state index is 0.311. The molecule has 0 aliphatic rings. The Balaban J connectivity index is 0.000000104. The average molecular weight is 2000 g/mol. The molecule has 8 heterocycles. The van der Waals surface area contributed by atoms with Gasteiger partial charge in [0.15, 0.2) is 0 Å². The van der Waals surface area contributed by atoms with Gasteiger partial charge in [-0.05, 0) is 0 Å². The minimum absolute atomic E-state index is 0.311. The summed E-state index contributed by atoms with van der Waals surface area (Å²) in [7, 11) is 0. The Morgan fingerprint density at radius 3 is 0.986 bits per heavy atom. The Morgan fingerprint density at radius 1 is 0.170 bits per heavy atom. The number of hydrogen-bond acceptors (Lipinski definition) is 5. The van der Waals surface area contributed by atoms with E-state index in [0.717, 1.165) is 112 Å². The maximum absolute atomic E-state index is 6.39. The van der Waals surface area contributed by atoms with Crippen LogP contribution in [0.4, 0.5) is 51.2 Å². The topological polar surface area (TPSA) is 50.8 Å². The van der Waals surface area contributed by atoms with Crippen molar-refractivity contribution >= 4 is 273 Å². The first-order valence-electron chi connectivity index (χ1n) is 47.7. The molecule has 0 fully saturated rings. The molecule has 141 heavy (non-hydrogen) atoms. The standard InChI is InChI=1S/C46H30N2Se.2C42H26N2OSe/c1-2-14-34(15-3-1)48-43-20-10-7-17-38(43)39-26-24-36(30-44(39)48)47(35-25-27-46-41(29-35)40-18-8-11-21-45(40)49-46)42-19-9-6-16-37(42)33-23-22-31-12-4-5-13-32(31)28-33;1-2-11-27(12-3-1)44-35-16-7-4-13-30(35)31-23-21-29(26-37(31)44)43(28-22-24-41-34(25-28)32-14-6-9-20-40(32)46-41)36-17-10-19-39-42(36)33-15-5-8-18-38(33)45-39;1-2-10-27(11-3-1)44-37-15-7-4-12-31(37)32-21-18-30(26-38(32)44)43(28-19-22-40-35(24-28)33-13-5-8-16-39(33)45-40)29-20-23-42-36(25-29)34-14-6-9-17-41(34)46-42/h1-30H;2*1-26H. The van der Waals surface area contributed by atoms with E-state index in [1.54, 1.807) is 0 Å². The van der Waals surface area contributed by atoms with Gasteiger partial charge in [-0.2, -0.15) is 0 Å². The summed E-state index contributed by atoms with van der Waals surface area (Å²) in [5.41, 5.74) is 26.7. The first kappa shape index (κ1) is 82.3. The van der Waals surface area contributed by atoms with Crippen LogP contribution < -0.4 is 14.7 Å². The SMILES string of the molecule is c1ccc(-n2c3ccccc3c3ccc(N(c4ccc5[se]c6ccccc6c5c4)c4cccc5oc6ccccc6c45)cc32)cc1.c1ccc(-n2c3ccccc3c3ccc(N(c4ccc5[se]c6ccccc6c5c4)c4ccccc4-c4ccc5ccccc5c4)cc32)cc1.c1ccc(-n2c3ccccc3c3ccc(N(c4ccc5oc6ccccc6c5c4)c4ccc5[se]c6ccccc6c5c4)cc32)cc1. The van der Waals surface area contributed by atoms with Crippen LogP contribution in [-0.4, -0.2) is 57.2 Å². The van der Waals surface area contributed by atoms with Crippen molar-refractivity contribution in [3.63, 3.8) is 0 Å². The summed E-state index contributed by atoms with van der Waals surface area (Å²) in [4.78, 5) is 7.29. The molecule has 8 nitrogen and oxygen atoms in total. The number of para-hydroxylation sites is 9. The van der Waals surface area contributed by atoms with Gasteiger partial charge in [0, 0.05) is 0 Å². The fraction of sp³-hybridized carbons (Fsp3) is 0. The normalized spacial score (nSPS) is 11.8. The molecule has 0 aliphatic carbocycles. The van der Waals surface area contributed by atoms with E-state index in [2.05, 4.69) is 508 Å². The third-order valence-electron chi connectivity index (χ3n) is 28.1. The van der Waals surface area contributed by atoms with Crippen molar-refractivity contribution in [1.82, 2.24) is 13.7 Å². The summed E-state index contributed by atoms with van der Waals surface area (Å²) in [6, 6.07) is 181. The molecule has 0 aliphatic heterocycles. The molecule has 0 amide bonds. The van der Waals surface area contributed by atoms with Crippen LogP contribution in [0.25, 0.3) is 206 Å². The molecule has 0 spiro atoms. The maximum atomic E-state index is 6.39. The Morgan fingerprint density at radius 2 is 0.489 bits per heavy atom. The second-order valence-electron chi connectivity index (χ2n) is 36.1. The van der Waals surface area contributed by atoms with Gasteiger partial charge in [-0.1, -0.05) is 24.3 Å². The molecule has 0 atom stereocenters. The zero-order valence-electron chi connectivity index (χ0n) is 76.1. The summed E-state index contributed by atoms with van der Waals surface area (Å²) in [6.45, 7) is 0. The third kappa shape index (κ3) is 14.0. The molecular formula is C130H82N6O2Se3. The zero-order valence-corrected chi connectivity index (χ0v) is 81.2. The summed E-state index contributed by atoms with van der Waals surface area (Å²) in [5.74, 6) is 0. The molecule has 0 radical (unpaired) electrons. The van der Waals surface area contributed by atoms with Gasteiger partial charge >= 0.3 is 811 Å². The van der Waals surface area contributed by atoms with Crippen LogP contribution in [0.3, 0.4) is 0 Å². The summed E-state index contributed by atoms with van der Waals surface area (Å²) < 4.78 is 28.5. The Kier molecular flexibility index (Phi) is 19.9. The van der Waals surface area contributed by atoms with Crippen LogP contribution in [0.15, 0.2) is 506 Å². The molecule has 0 saturated heterocycles. The monoisotopic (exact) mass is 2000 g/mol. The van der Waals surface area contributed by atoms with E-state index < -0.39 is 0 Å².